The van der Waals surface area contributed by atoms with E-state index in [1.807, 2.05) is 0 Å². The first-order valence-electron chi connectivity index (χ1n) is 8.77. The van der Waals surface area contributed by atoms with Gasteiger partial charge in [-0.25, -0.2) is 4.98 Å². The third-order valence-corrected chi connectivity index (χ3v) is 4.68. The summed E-state index contributed by atoms with van der Waals surface area (Å²) in [5, 5.41) is 10.6. The molecule has 0 atom stereocenters. The lowest BCUT2D eigenvalue weighted by Gasteiger charge is -2.29. The van der Waals surface area contributed by atoms with E-state index in [9.17, 15) is 36.6 Å². The maximum atomic E-state index is 13.7. The quantitative estimate of drug-likeness (QED) is 0.180. The van der Waals surface area contributed by atoms with E-state index in [2.05, 4.69) is 9.72 Å². The van der Waals surface area contributed by atoms with Gasteiger partial charge in [0.2, 0.25) is 0 Å². The van der Waals surface area contributed by atoms with Crippen molar-refractivity contribution < 1.29 is 46.1 Å². The number of alkyl halides is 5. The van der Waals surface area contributed by atoms with Gasteiger partial charge in [0.1, 0.15) is 23.8 Å². The Balaban J connectivity index is 2.63. The van der Waals surface area contributed by atoms with Gasteiger partial charge in [-0.2, -0.15) is 22.0 Å². The molecule has 0 unspecified atom stereocenters. The molecule has 0 amide bonds. The molecule has 1 N–H and O–H groups in total. The summed E-state index contributed by atoms with van der Waals surface area (Å²) in [4.78, 5) is 28.2. The fourth-order valence-electron chi connectivity index (χ4n) is 2.87. The summed E-state index contributed by atoms with van der Waals surface area (Å²) in [7, 11) is 1.25. The minimum absolute atomic E-state index is 0.0364. The van der Waals surface area contributed by atoms with E-state index >= 15 is 0 Å². The molecule has 0 saturated heterocycles. The number of pyridine rings is 1. The molecule has 1 saturated carbocycles. The fourth-order valence-corrected chi connectivity index (χ4v) is 2.87. The van der Waals surface area contributed by atoms with Gasteiger partial charge in [-0.05, 0) is 18.6 Å². The number of halogens is 5. The molecule has 166 valence electrons. The summed E-state index contributed by atoms with van der Waals surface area (Å²) in [6.45, 7) is 2.18. The van der Waals surface area contributed by atoms with Crippen LogP contribution in [0, 0.1) is 5.41 Å². The van der Waals surface area contributed by atoms with Crippen LogP contribution in [0.3, 0.4) is 0 Å². The number of Topliss-reactive ketones (excluding diaryl/α,β-unsaturated/α-hetero) is 2. The van der Waals surface area contributed by atoms with Crippen LogP contribution < -0.4 is 0 Å². The van der Waals surface area contributed by atoms with Crippen molar-refractivity contribution in [1.29, 1.82) is 0 Å². The topological polar surface area (TPSA) is 85.7 Å². The number of allylic oxidation sites excluding steroid dienone is 1. The third-order valence-electron chi connectivity index (χ3n) is 4.68. The van der Waals surface area contributed by atoms with Crippen molar-refractivity contribution in [2.75, 3.05) is 13.9 Å². The van der Waals surface area contributed by atoms with E-state index in [4.69, 9.17) is 4.74 Å². The molecule has 1 fully saturated rings. The average molecular weight is 437 g/mol. The number of methoxy groups -OCH3 is 1. The Morgan fingerprint density at radius 1 is 1.20 bits per heavy atom. The number of aromatic nitrogens is 1. The van der Waals surface area contributed by atoms with E-state index in [-0.39, 0.29) is 25.2 Å². The van der Waals surface area contributed by atoms with E-state index in [1.54, 1.807) is 13.8 Å². The maximum Gasteiger partial charge on any atom is 0.459 e. The van der Waals surface area contributed by atoms with E-state index in [0.29, 0.717) is 6.07 Å². The van der Waals surface area contributed by atoms with E-state index < -0.39 is 58.4 Å². The Labute approximate surface area is 168 Å². The largest absolute Gasteiger partial charge is 0.506 e. The van der Waals surface area contributed by atoms with Crippen LogP contribution in [-0.2, 0) is 31.6 Å². The highest BCUT2D eigenvalue weighted by Crippen LogP contribution is 2.43. The van der Waals surface area contributed by atoms with Gasteiger partial charge in [0.05, 0.1) is 12.3 Å². The first kappa shape index (κ1) is 23.9. The van der Waals surface area contributed by atoms with E-state index in [1.165, 1.54) is 7.11 Å². The number of carbonyl (C=O) groups is 2. The zero-order valence-electron chi connectivity index (χ0n) is 16.4. The van der Waals surface area contributed by atoms with Gasteiger partial charge in [-0.3, -0.25) is 9.59 Å². The van der Waals surface area contributed by atoms with Crippen LogP contribution in [0.25, 0.3) is 5.76 Å². The second-order valence-electron chi connectivity index (χ2n) is 7.38. The van der Waals surface area contributed by atoms with Crippen LogP contribution in [0.2, 0.25) is 0 Å². The lowest BCUT2D eigenvalue weighted by Crippen LogP contribution is -2.36. The highest BCUT2D eigenvalue weighted by molar-refractivity contribution is 6.27. The summed E-state index contributed by atoms with van der Waals surface area (Å²) in [6.07, 6.45) is -5.68. The molecule has 0 aliphatic heterocycles. The standard InChI is InChI=1S/C19H20F5NO5/c1-17(2)7-6-12(26)14(16(17)28)15(27)10-4-5-13(18(20,21)19(22,23)24)25-11(10)8-30-9-29-3/h4-5,27H,6-9H2,1-3H3/b15-14+. The lowest BCUT2D eigenvalue weighted by atomic mass is 9.72. The van der Waals surface area contributed by atoms with E-state index in [0.717, 1.165) is 6.07 Å². The molecule has 0 aromatic carbocycles. The molecule has 0 bridgehead atoms. The van der Waals surface area contributed by atoms with Gasteiger partial charge in [0.25, 0.3) is 0 Å². The van der Waals surface area contributed by atoms with Crippen molar-refractivity contribution in [3.05, 3.63) is 34.7 Å². The first-order chi connectivity index (χ1) is 13.7. The Bertz CT molecular complexity index is 877. The van der Waals surface area contributed by atoms with Crippen molar-refractivity contribution in [1.82, 2.24) is 4.98 Å². The lowest BCUT2D eigenvalue weighted by molar-refractivity contribution is -0.291. The van der Waals surface area contributed by atoms with Crippen molar-refractivity contribution >= 4 is 17.3 Å². The maximum absolute atomic E-state index is 13.7. The third kappa shape index (κ3) is 4.51. The van der Waals surface area contributed by atoms with Gasteiger partial charge in [-0.1, -0.05) is 13.8 Å². The fraction of sp³-hybridized carbons (Fsp3) is 0.526. The van der Waals surface area contributed by atoms with Gasteiger partial charge < -0.3 is 14.6 Å². The molecule has 1 aliphatic rings. The Morgan fingerprint density at radius 3 is 2.40 bits per heavy atom. The second-order valence-corrected chi connectivity index (χ2v) is 7.38. The van der Waals surface area contributed by atoms with Crippen LogP contribution >= 0.6 is 0 Å². The van der Waals surface area contributed by atoms with Crippen LogP contribution in [0.1, 0.15) is 43.6 Å². The Kier molecular flexibility index (Phi) is 6.67. The highest BCUT2D eigenvalue weighted by Gasteiger charge is 2.60. The normalized spacial score (nSPS) is 19.2. The Hall–Kier alpha value is -2.40. The number of hydrogen-bond acceptors (Lipinski definition) is 6. The number of nitrogens with zero attached hydrogens (tertiary/aromatic N) is 1. The van der Waals surface area contributed by atoms with Crippen LogP contribution in [0.5, 0.6) is 0 Å². The molecule has 6 nitrogen and oxygen atoms in total. The van der Waals surface area contributed by atoms with Crippen LogP contribution in [0.15, 0.2) is 17.7 Å². The number of hydrogen-bond donors (Lipinski definition) is 1. The Morgan fingerprint density at radius 2 is 1.83 bits per heavy atom. The number of ketones is 2. The van der Waals surface area contributed by atoms with Crippen molar-refractivity contribution in [3.8, 4) is 0 Å². The number of aliphatic hydroxyl groups is 1. The molecule has 1 aromatic rings. The molecule has 2 rings (SSSR count). The summed E-state index contributed by atoms with van der Waals surface area (Å²) < 4.78 is 75.1. The SMILES string of the molecule is COCOCc1nc(C(F)(F)C(F)(F)F)ccc1/C(O)=C1/C(=O)CCC(C)(C)C1=O. The molecule has 11 heteroatoms. The molecule has 0 spiro atoms. The average Bonchev–Trinajstić information content (AvgIpc) is 2.64. The minimum Gasteiger partial charge on any atom is -0.506 e. The predicted octanol–water partition coefficient (Wildman–Crippen LogP) is 4.08. The molecule has 30 heavy (non-hydrogen) atoms. The van der Waals surface area contributed by atoms with Crippen molar-refractivity contribution in [3.63, 3.8) is 0 Å². The molecular weight excluding hydrogens is 417 g/mol. The molecule has 1 aromatic heterocycles. The molecular formula is C19H20F5NO5. The summed E-state index contributed by atoms with van der Waals surface area (Å²) >= 11 is 0. The summed E-state index contributed by atoms with van der Waals surface area (Å²) in [5.41, 5.74) is -3.99. The van der Waals surface area contributed by atoms with Gasteiger partial charge in [0, 0.05) is 24.5 Å². The van der Waals surface area contributed by atoms with Crippen LogP contribution in [-0.4, -0.2) is 41.7 Å². The number of aliphatic hydroxyl groups excluding tert-OH is 1. The zero-order chi connectivity index (χ0) is 22.9. The minimum atomic E-state index is -5.90. The number of carbonyl (C=O) groups excluding carboxylic acids is 2. The molecule has 0 radical (unpaired) electrons. The van der Waals surface area contributed by atoms with Crippen molar-refractivity contribution in [2.24, 2.45) is 5.41 Å². The number of rotatable bonds is 6. The second kappa shape index (κ2) is 8.38. The predicted molar refractivity (Wildman–Crippen MR) is 93.4 cm³/mol. The van der Waals surface area contributed by atoms with Crippen LogP contribution in [0.4, 0.5) is 22.0 Å². The molecule has 1 heterocycles. The summed E-state index contributed by atoms with van der Waals surface area (Å²) in [6, 6.07) is 1.13. The molecule has 1 aliphatic carbocycles. The number of ether oxygens (including phenoxy) is 2. The van der Waals surface area contributed by atoms with Gasteiger partial charge >= 0.3 is 12.1 Å². The summed E-state index contributed by atoms with van der Waals surface area (Å²) in [5.74, 6) is -7.43. The zero-order valence-corrected chi connectivity index (χ0v) is 16.4. The smallest absolute Gasteiger partial charge is 0.459 e. The highest BCUT2D eigenvalue weighted by atomic mass is 19.4. The first-order valence-corrected chi connectivity index (χ1v) is 8.77. The van der Waals surface area contributed by atoms with Gasteiger partial charge in [-0.15, -0.1) is 0 Å². The van der Waals surface area contributed by atoms with Crippen molar-refractivity contribution in [2.45, 2.75) is 45.4 Å². The van der Waals surface area contributed by atoms with Gasteiger partial charge in [0.15, 0.2) is 11.6 Å². The monoisotopic (exact) mass is 437 g/mol.